The largest absolute Gasteiger partial charge is 0.489 e. The molecule has 0 atom stereocenters. The molecule has 1 aliphatic rings. The molecule has 6 heteroatoms. The van der Waals surface area contributed by atoms with Crippen LogP contribution in [-0.2, 0) is 17.6 Å². The van der Waals surface area contributed by atoms with Crippen LogP contribution in [0, 0.1) is 0 Å². The van der Waals surface area contributed by atoms with Crippen LogP contribution in [0.2, 0.25) is 0 Å². The fourth-order valence-corrected chi connectivity index (χ4v) is 3.17. The molecule has 1 aromatic carbocycles. The smallest absolute Gasteiger partial charge is 0.407 e. The van der Waals surface area contributed by atoms with Crippen LogP contribution in [0.4, 0.5) is 9.18 Å². The molecule has 0 bridgehead atoms. The molecule has 150 valence electrons. The number of pyridine rings is 1. The number of aryl methyl sites for hydroxylation is 2. The normalized spacial score (nSPS) is 14.5. The van der Waals surface area contributed by atoms with E-state index in [0.29, 0.717) is 17.7 Å². The number of hydrogen-bond acceptors (Lipinski definition) is 4. The third-order valence-electron chi connectivity index (χ3n) is 4.50. The lowest BCUT2D eigenvalue weighted by Gasteiger charge is -2.20. The predicted octanol–water partition coefficient (Wildman–Crippen LogP) is 4.87. The number of aromatic nitrogens is 1. The van der Waals surface area contributed by atoms with Crippen LogP contribution in [0.1, 0.15) is 44.9 Å². The maximum absolute atomic E-state index is 13.1. The van der Waals surface area contributed by atoms with Crippen molar-refractivity contribution in [2.45, 2.75) is 52.1 Å². The van der Waals surface area contributed by atoms with Crippen molar-refractivity contribution in [1.82, 2.24) is 10.3 Å². The highest BCUT2D eigenvalue weighted by atomic mass is 19.1. The average molecular weight is 386 g/mol. The molecule has 1 N–H and O–H groups in total. The minimum absolute atomic E-state index is 0.0219. The van der Waals surface area contributed by atoms with Gasteiger partial charge in [0.05, 0.1) is 11.8 Å². The van der Waals surface area contributed by atoms with Crippen molar-refractivity contribution in [3.8, 4) is 5.75 Å². The molecule has 28 heavy (non-hydrogen) atoms. The van der Waals surface area contributed by atoms with Gasteiger partial charge in [-0.2, -0.15) is 0 Å². The molecule has 0 saturated heterocycles. The first-order chi connectivity index (χ1) is 13.3. The van der Waals surface area contributed by atoms with E-state index in [1.165, 1.54) is 24.1 Å². The lowest BCUT2D eigenvalue weighted by atomic mass is 9.95. The summed E-state index contributed by atoms with van der Waals surface area (Å²) in [6.45, 7) is 5.37. The van der Waals surface area contributed by atoms with Gasteiger partial charge in [-0.3, -0.25) is 4.98 Å². The first-order valence-corrected chi connectivity index (χ1v) is 9.64. The second kappa shape index (κ2) is 8.59. The Kier molecular flexibility index (Phi) is 6.17. The number of amides is 1. The van der Waals surface area contributed by atoms with Crippen LogP contribution in [0.5, 0.6) is 5.75 Å². The molecular weight excluding hydrogens is 359 g/mol. The molecule has 1 heterocycles. The summed E-state index contributed by atoms with van der Waals surface area (Å²) in [5.41, 5.74) is 3.17. The summed E-state index contributed by atoms with van der Waals surface area (Å²) in [7, 11) is 0. The summed E-state index contributed by atoms with van der Waals surface area (Å²) < 4.78 is 24.0. The van der Waals surface area contributed by atoms with E-state index in [9.17, 15) is 9.18 Å². The fraction of sp³-hybridized carbons (Fsp3) is 0.455. The highest BCUT2D eigenvalue weighted by molar-refractivity contribution is 5.81. The van der Waals surface area contributed by atoms with Crippen LogP contribution in [-0.4, -0.2) is 29.8 Å². The van der Waals surface area contributed by atoms with Crippen molar-refractivity contribution >= 4 is 17.0 Å². The first kappa shape index (κ1) is 20.1. The fourth-order valence-electron chi connectivity index (χ4n) is 3.17. The molecule has 0 fully saturated rings. The Morgan fingerprint density at radius 2 is 2.04 bits per heavy atom. The molecule has 5 nitrogen and oxygen atoms in total. The summed E-state index contributed by atoms with van der Waals surface area (Å²) in [6.07, 6.45) is 4.37. The highest BCUT2D eigenvalue weighted by Crippen LogP contribution is 2.26. The van der Waals surface area contributed by atoms with Gasteiger partial charge >= 0.3 is 6.09 Å². The number of carbonyl (C=O) groups excluding carboxylic acids is 1. The van der Waals surface area contributed by atoms with E-state index >= 15 is 0 Å². The molecule has 1 amide bonds. The third-order valence-corrected chi connectivity index (χ3v) is 4.50. The quantitative estimate of drug-likeness (QED) is 0.796. The van der Waals surface area contributed by atoms with Crippen LogP contribution in [0.3, 0.4) is 0 Å². The third kappa shape index (κ3) is 5.44. The number of hydrogen-bond donors (Lipinski definition) is 1. The van der Waals surface area contributed by atoms with E-state index in [0.717, 1.165) is 23.7 Å². The SMILES string of the molecule is CC(C)(C)OC(=O)NC/C(=C/F)COc1ccc2nc3c(cc2c1)CCCC3. The van der Waals surface area contributed by atoms with Crippen molar-refractivity contribution in [1.29, 1.82) is 0 Å². The molecule has 0 radical (unpaired) electrons. The zero-order valence-electron chi connectivity index (χ0n) is 16.7. The van der Waals surface area contributed by atoms with Crippen molar-refractivity contribution in [3.63, 3.8) is 0 Å². The number of nitrogens with one attached hydrogen (secondary N) is 1. The number of nitrogens with zero attached hydrogens (tertiary/aromatic N) is 1. The summed E-state index contributed by atoms with van der Waals surface area (Å²) in [4.78, 5) is 16.4. The molecule has 0 aliphatic heterocycles. The summed E-state index contributed by atoms with van der Waals surface area (Å²) in [5.74, 6) is 0.640. The Morgan fingerprint density at radius 1 is 1.25 bits per heavy atom. The molecular formula is C22H27FN2O3. The number of fused-ring (bicyclic) bond motifs is 2. The van der Waals surface area contributed by atoms with Crippen molar-refractivity contribution in [3.05, 3.63) is 47.4 Å². The predicted molar refractivity (Wildman–Crippen MR) is 107 cm³/mol. The molecule has 0 spiro atoms. The second-order valence-electron chi connectivity index (χ2n) is 8.07. The Hall–Kier alpha value is -2.63. The van der Waals surface area contributed by atoms with E-state index in [-0.39, 0.29) is 13.2 Å². The number of carbonyl (C=O) groups is 1. The molecule has 0 unspecified atom stereocenters. The van der Waals surface area contributed by atoms with Crippen LogP contribution in [0.25, 0.3) is 10.9 Å². The summed E-state index contributed by atoms with van der Waals surface area (Å²) >= 11 is 0. The van der Waals surface area contributed by atoms with Gasteiger partial charge in [-0.25, -0.2) is 9.18 Å². The molecule has 2 aromatic rings. The second-order valence-corrected chi connectivity index (χ2v) is 8.07. The van der Waals surface area contributed by atoms with Gasteiger partial charge in [0.2, 0.25) is 0 Å². The van der Waals surface area contributed by atoms with Gasteiger partial charge in [-0.15, -0.1) is 0 Å². The average Bonchev–Trinajstić information content (AvgIpc) is 2.65. The van der Waals surface area contributed by atoms with Gasteiger partial charge in [0.15, 0.2) is 0 Å². The molecule has 1 aliphatic carbocycles. The minimum Gasteiger partial charge on any atom is -0.489 e. The van der Waals surface area contributed by atoms with E-state index < -0.39 is 11.7 Å². The number of ether oxygens (including phenoxy) is 2. The van der Waals surface area contributed by atoms with E-state index in [1.807, 2.05) is 18.2 Å². The van der Waals surface area contributed by atoms with E-state index in [2.05, 4.69) is 11.4 Å². The Labute approximate surface area is 164 Å². The highest BCUT2D eigenvalue weighted by Gasteiger charge is 2.16. The van der Waals surface area contributed by atoms with Gasteiger partial charge in [-0.05, 0) is 76.3 Å². The van der Waals surface area contributed by atoms with Gasteiger partial charge in [0.1, 0.15) is 18.0 Å². The zero-order chi connectivity index (χ0) is 20.1. The van der Waals surface area contributed by atoms with Crippen molar-refractivity contribution in [2.24, 2.45) is 0 Å². The van der Waals surface area contributed by atoms with Crippen molar-refractivity contribution < 1.29 is 18.7 Å². The first-order valence-electron chi connectivity index (χ1n) is 9.64. The van der Waals surface area contributed by atoms with Crippen molar-refractivity contribution in [2.75, 3.05) is 13.2 Å². The van der Waals surface area contributed by atoms with E-state index in [1.54, 1.807) is 20.8 Å². The number of alkyl carbamates (subject to hydrolysis) is 1. The Balaban J connectivity index is 1.59. The van der Waals surface area contributed by atoms with E-state index in [4.69, 9.17) is 14.5 Å². The maximum atomic E-state index is 13.1. The van der Waals surface area contributed by atoms with Gasteiger partial charge < -0.3 is 14.8 Å². The van der Waals surface area contributed by atoms with Gasteiger partial charge in [-0.1, -0.05) is 0 Å². The molecule has 0 saturated carbocycles. The lowest BCUT2D eigenvalue weighted by molar-refractivity contribution is 0.0531. The van der Waals surface area contributed by atoms with Gasteiger partial charge in [0, 0.05) is 23.2 Å². The summed E-state index contributed by atoms with van der Waals surface area (Å²) in [6, 6.07) is 7.87. The monoisotopic (exact) mass is 386 g/mol. The number of halogens is 1. The van der Waals surface area contributed by atoms with Gasteiger partial charge in [0.25, 0.3) is 0 Å². The topological polar surface area (TPSA) is 60.5 Å². The minimum atomic E-state index is -0.599. The number of benzene rings is 1. The number of rotatable bonds is 5. The standard InChI is InChI=1S/C22H27FN2O3/c1-22(2,3)28-21(26)24-13-15(12-23)14-27-18-8-9-20-17(11-18)10-16-6-4-5-7-19(16)25-20/h8-12H,4-7,13-14H2,1-3H3,(H,24,26)/b15-12-. The maximum Gasteiger partial charge on any atom is 0.407 e. The van der Waals surface area contributed by atoms with Crippen LogP contribution in [0.15, 0.2) is 36.2 Å². The molecule has 3 rings (SSSR count). The van der Waals surface area contributed by atoms with Crippen LogP contribution >= 0.6 is 0 Å². The Morgan fingerprint density at radius 3 is 2.79 bits per heavy atom. The Bertz CT molecular complexity index is 887. The van der Waals surface area contributed by atoms with Crippen LogP contribution < -0.4 is 10.1 Å². The lowest BCUT2D eigenvalue weighted by Crippen LogP contribution is -2.34. The zero-order valence-corrected chi connectivity index (χ0v) is 16.7. The summed E-state index contributed by atoms with van der Waals surface area (Å²) in [5, 5.41) is 3.55. The molecule has 1 aromatic heterocycles.